The first-order valence-electron chi connectivity index (χ1n) is 7.53. The molecule has 2 aliphatic heterocycles. The van der Waals surface area contributed by atoms with E-state index in [9.17, 15) is 4.79 Å². The Hall–Kier alpha value is -1.23. The van der Waals surface area contributed by atoms with E-state index < -0.39 is 0 Å². The normalized spacial score (nSPS) is 19.6. The van der Waals surface area contributed by atoms with Crippen molar-refractivity contribution in [2.24, 2.45) is 0 Å². The van der Waals surface area contributed by atoms with Crippen LogP contribution < -0.4 is 5.32 Å². The maximum atomic E-state index is 12.3. The summed E-state index contributed by atoms with van der Waals surface area (Å²) in [5, 5.41) is 3.90. The highest BCUT2D eigenvalue weighted by atomic mass is 35.5. The van der Waals surface area contributed by atoms with Gasteiger partial charge in [0.05, 0.1) is 10.7 Å². The van der Waals surface area contributed by atoms with Crippen LogP contribution in [-0.4, -0.2) is 48.1 Å². The molecule has 2 amide bonds. The number of piperidine rings is 1. The van der Waals surface area contributed by atoms with E-state index in [2.05, 4.69) is 22.4 Å². The van der Waals surface area contributed by atoms with Crippen molar-refractivity contribution < 1.29 is 4.79 Å². The van der Waals surface area contributed by atoms with Gasteiger partial charge in [-0.15, -0.1) is 0 Å². The summed E-state index contributed by atoms with van der Waals surface area (Å²) in [5.74, 6) is 0. The minimum atomic E-state index is -0.109. The third kappa shape index (κ3) is 3.57. The Kier molecular flexibility index (Phi) is 4.91. The van der Waals surface area contributed by atoms with E-state index in [-0.39, 0.29) is 6.03 Å². The molecule has 0 aliphatic carbocycles. The summed E-state index contributed by atoms with van der Waals surface area (Å²) in [6.45, 7) is 3.61. The Bertz CT molecular complexity index is 575. The van der Waals surface area contributed by atoms with E-state index in [0.717, 1.165) is 39.0 Å². The summed E-state index contributed by atoms with van der Waals surface area (Å²) in [6.07, 6.45) is 6.44. The Balaban J connectivity index is 1.54. The molecule has 1 saturated heterocycles. The summed E-state index contributed by atoms with van der Waals surface area (Å²) < 4.78 is 0. The molecule has 0 spiro atoms. The van der Waals surface area contributed by atoms with E-state index in [1.165, 1.54) is 0 Å². The quantitative estimate of drug-likeness (QED) is 0.830. The number of rotatable bonds is 2. The highest BCUT2D eigenvalue weighted by Gasteiger charge is 2.27. The van der Waals surface area contributed by atoms with Crippen LogP contribution in [0.4, 0.5) is 10.5 Å². The second-order valence-corrected chi connectivity index (χ2v) is 6.54. The molecule has 1 aromatic rings. The molecule has 1 fully saturated rings. The van der Waals surface area contributed by atoms with Crippen LogP contribution in [0.1, 0.15) is 12.8 Å². The average molecular weight is 340 g/mol. The monoisotopic (exact) mass is 339 g/mol. The van der Waals surface area contributed by atoms with Crippen molar-refractivity contribution >= 4 is 34.9 Å². The molecule has 2 heterocycles. The number of amides is 2. The third-order valence-electron chi connectivity index (χ3n) is 4.28. The molecule has 4 nitrogen and oxygen atoms in total. The molecule has 3 rings (SSSR count). The number of likely N-dealkylation sites (tertiary alicyclic amines) is 1. The van der Waals surface area contributed by atoms with Crippen LogP contribution in [0.3, 0.4) is 0 Å². The van der Waals surface area contributed by atoms with Crippen molar-refractivity contribution in [1.29, 1.82) is 0 Å². The second-order valence-electron chi connectivity index (χ2n) is 5.70. The van der Waals surface area contributed by atoms with Crippen molar-refractivity contribution in [2.75, 3.05) is 31.5 Å². The first-order chi connectivity index (χ1) is 10.6. The maximum Gasteiger partial charge on any atom is 0.321 e. The van der Waals surface area contributed by atoms with Crippen LogP contribution in [0.25, 0.3) is 0 Å². The third-order valence-corrected chi connectivity index (χ3v) is 4.85. The predicted molar refractivity (Wildman–Crippen MR) is 90.8 cm³/mol. The van der Waals surface area contributed by atoms with Gasteiger partial charge in [0.2, 0.25) is 0 Å². The highest BCUT2D eigenvalue weighted by Crippen LogP contribution is 2.26. The number of halogens is 2. The summed E-state index contributed by atoms with van der Waals surface area (Å²) >= 11 is 12.0. The average Bonchev–Trinajstić information content (AvgIpc) is 3.05. The topological polar surface area (TPSA) is 35.6 Å². The van der Waals surface area contributed by atoms with Crippen molar-refractivity contribution in [3.05, 3.63) is 40.4 Å². The molecule has 6 heteroatoms. The number of anilines is 1. The Morgan fingerprint density at radius 3 is 2.50 bits per heavy atom. The van der Waals surface area contributed by atoms with Crippen LogP contribution in [0.2, 0.25) is 10.0 Å². The fourth-order valence-corrected chi connectivity index (χ4v) is 3.35. The minimum Gasteiger partial charge on any atom is -0.324 e. The van der Waals surface area contributed by atoms with Gasteiger partial charge in [0.1, 0.15) is 0 Å². The Morgan fingerprint density at radius 2 is 1.82 bits per heavy atom. The molecule has 0 aromatic heterocycles. The molecule has 0 saturated carbocycles. The number of urea groups is 1. The first kappa shape index (κ1) is 15.7. The van der Waals surface area contributed by atoms with Crippen LogP contribution >= 0.6 is 23.2 Å². The fraction of sp³-hybridized carbons (Fsp3) is 0.438. The van der Waals surface area contributed by atoms with Crippen molar-refractivity contribution in [2.45, 2.75) is 18.9 Å². The molecular weight excluding hydrogens is 321 g/mol. The van der Waals surface area contributed by atoms with Gasteiger partial charge in [0.25, 0.3) is 0 Å². The number of nitrogens with one attached hydrogen (secondary N) is 1. The molecule has 118 valence electrons. The van der Waals surface area contributed by atoms with E-state index in [0.29, 0.717) is 21.8 Å². The van der Waals surface area contributed by atoms with Crippen molar-refractivity contribution in [1.82, 2.24) is 9.80 Å². The molecule has 0 radical (unpaired) electrons. The summed E-state index contributed by atoms with van der Waals surface area (Å²) in [6, 6.07) is 5.53. The zero-order valence-electron chi connectivity index (χ0n) is 12.3. The van der Waals surface area contributed by atoms with E-state index in [1.54, 1.807) is 18.2 Å². The lowest BCUT2D eigenvalue weighted by Crippen LogP contribution is -2.47. The summed E-state index contributed by atoms with van der Waals surface area (Å²) in [5.41, 5.74) is 0.560. The maximum absolute atomic E-state index is 12.3. The molecule has 0 bridgehead atoms. The van der Waals surface area contributed by atoms with Crippen LogP contribution in [0.15, 0.2) is 30.4 Å². The number of carbonyl (C=O) groups is 1. The van der Waals surface area contributed by atoms with Gasteiger partial charge in [-0.25, -0.2) is 4.79 Å². The van der Waals surface area contributed by atoms with Gasteiger partial charge in [-0.2, -0.15) is 0 Å². The van der Waals surface area contributed by atoms with E-state index in [4.69, 9.17) is 23.2 Å². The number of benzene rings is 1. The van der Waals surface area contributed by atoms with Gasteiger partial charge in [0, 0.05) is 37.2 Å². The molecule has 22 heavy (non-hydrogen) atoms. The van der Waals surface area contributed by atoms with Crippen LogP contribution in [-0.2, 0) is 0 Å². The lowest BCUT2D eigenvalue weighted by molar-refractivity contribution is 0.144. The zero-order valence-corrected chi connectivity index (χ0v) is 13.8. The minimum absolute atomic E-state index is 0.109. The predicted octanol–water partition coefficient (Wildman–Crippen LogP) is 3.86. The summed E-state index contributed by atoms with van der Waals surface area (Å²) in [7, 11) is 0. The fourth-order valence-electron chi connectivity index (χ4n) is 3.01. The first-order valence-corrected chi connectivity index (χ1v) is 8.29. The largest absolute Gasteiger partial charge is 0.324 e. The smallest absolute Gasteiger partial charge is 0.321 e. The Labute approximate surface area is 140 Å². The van der Waals surface area contributed by atoms with Crippen molar-refractivity contribution in [3.8, 4) is 0 Å². The van der Waals surface area contributed by atoms with E-state index in [1.807, 2.05) is 4.90 Å². The molecular formula is C16H19Cl2N3O. The van der Waals surface area contributed by atoms with Crippen LogP contribution in [0, 0.1) is 0 Å². The number of hydrogen-bond acceptors (Lipinski definition) is 2. The van der Waals surface area contributed by atoms with Gasteiger partial charge >= 0.3 is 6.03 Å². The van der Waals surface area contributed by atoms with Gasteiger partial charge in [0.15, 0.2) is 0 Å². The molecule has 2 aliphatic rings. The SMILES string of the molecule is O=C(Nc1cc(Cl)ccc1Cl)N1CCC(N2CC=CC2)CC1. The van der Waals surface area contributed by atoms with Gasteiger partial charge < -0.3 is 10.2 Å². The summed E-state index contributed by atoms with van der Waals surface area (Å²) in [4.78, 5) is 16.7. The van der Waals surface area contributed by atoms with E-state index >= 15 is 0 Å². The lowest BCUT2D eigenvalue weighted by Gasteiger charge is -2.36. The number of hydrogen-bond donors (Lipinski definition) is 1. The number of carbonyl (C=O) groups excluding carboxylic acids is 1. The highest BCUT2D eigenvalue weighted by molar-refractivity contribution is 6.35. The number of nitrogens with zero attached hydrogens (tertiary/aromatic N) is 2. The zero-order chi connectivity index (χ0) is 15.5. The molecule has 0 atom stereocenters. The molecule has 1 N–H and O–H groups in total. The van der Waals surface area contributed by atoms with Crippen molar-refractivity contribution in [3.63, 3.8) is 0 Å². The lowest BCUT2D eigenvalue weighted by atomic mass is 10.0. The van der Waals surface area contributed by atoms with Gasteiger partial charge in [-0.05, 0) is 31.0 Å². The molecule has 1 aromatic carbocycles. The van der Waals surface area contributed by atoms with Gasteiger partial charge in [-0.1, -0.05) is 35.4 Å². The van der Waals surface area contributed by atoms with Crippen LogP contribution in [0.5, 0.6) is 0 Å². The Morgan fingerprint density at radius 1 is 1.14 bits per heavy atom. The second kappa shape index (κ2) is 6.90. The molecule has 0 unspecified atom stereocenters. The standard InChI is InChI=1S/C16H19Cl2N3O/c17-12-3-4-14(18)15(11-12)19-16(22)21-9-5-13(6-10-21)20-7-1-2-8-20/h1-4,11,13H,5-10H2,(H,19,22). The van der Waals surface area contributed by atoms with Gasteiger partial charge in [-0.3, -0.25) is 4.90 Å².